The van der Waals surface area contributed by atoms with Gasteiger partial charge in [0.25, 0.3) is 0 Å². The normalized spacial score (nSPS) is 12.0. The third-order valence-corrected chi connectivity index (χ3v) is 6.14. The largest absolute Gasteiger partial charge is 0.493 e. The van der Waals surface area contributed by atoms with Gasteiger partial charge in [-0.05, 0) is 55.4 Å². The quantitative estimate of drug-likeness (QED) is 0.214. The summed E-state index contributed by atoms with van der Waals surface area (Å²) in [5, 5.41) is 18.1. The van der Waals surface area contributed by atoms with Gasteiger partial charge in [0, 0.05) is 12.0 Å². The molecule has 0 amide bonds. The number of carbonyl (C=O) groups is 2. The number of carboxylic acid groups (broad SMARTS) is 2. The molecule has 0 radical (unpaired) electrons. The summed E-state index contributed by atoms with van der Waals surface area (Å²) in [7, 11) is 0. The van der Waals surface area contributed by atoms with Crippen LogP contribution in [0.15, 0.2) is 54.6 Å². The van der Waals surface area contributed by atoms with Crippen LogP contribution in [0.3, 0.4) is 0 Å². The number of unbranched alkanes of at least 4 members (excludes halogenated alkanes) is 6. The van der Waals surface area contributed by atoms with Gasteiger partial charge >= 0.3 is 11.9 Å². The van der Waals surface area contributed by atoms with Gasteiger partial charge in [-0.3, -0.25) is 4.79 Å². The monoisotopic (exact) mass is 480 g/mol. The fourth-order valence-corrected chi connectivity index (χ4v) is 4.09. The molecule has 0 aliphatic heterocycles. The molecule has 35 heavy (non-hydrogen) atoms. The molecule has 2 N–H and O–H groups in total. The zero-order chi connectivity index (χ0) is 25.3. The second kappa shape index (κ2) is 16.5. The molecule has 0 aliphatic carbocycles. The molecule has 0 spiro atoms. The molecule has 0 fully saturated rings. The van der Waals surface area contributed by atoms with Crippen molar-refractivity contribution in [2.24, 2.45) is 5.92 Å². The van der Waals surface area contributed by atoms with E-state index in [1.165, 1.54) is 32.1 Å². The van der Waals surface area contributed by atoms with Crippen LogP contribution in [0.5, 0.6) is 5.75 Å². The van der Waals surface area contributed by atoms with Crippen molar-refractivity contribution < 1.29 is 24.5 Å². The lowest BCUT2D eigenvalue weighted by molar-refractivity contribution is -0.137. The highest BCUT2D eigenvalue weighted by atomic mass is 16.5. The van der Waals surface area contributed by atoms with Crippen LogP contribution >= 0.6 is 0 Å². The first kappa shape index (κ1) is 28.2. The topological polar surface area (TPSA) is 83.8 Å². The number of hydrogen-bond donors (Lipinski definition) is 2. The molecule has 2 aromatic carbocycles. The molecule has 1 atom stereocenters. The van der Waals surface area contributed by atoms with Crippen LogP contribution in [0.25, 0.3) is 6.08 Å². The van der Waals surface area contributed by atoms with Gasteiger partial charge in [-0.15, -0.1) is 0 Å². The lowest BCUT2D eigenvalue weighted by Crippen LogP contribution is -2.04. The summed E-state index contributed by atoms with van der Waals surface area (Å²) >= 11 is 0. The van der Waals surface area contributed by atoms with E-state index in [9.17, 15) is 9.59 Å². The fraction of sp³-hybridized carbons (Fsp3) is 0.467. The Bertz CT molecular complexity index is 917. The second-order valence-electron chi connectivity index (χ2n) is 9.12. The second-order valence-corrected chi connectivity index (χ2v) is 9.12. The molecule has 5 nitrogen and oxygen atoms in total. The first-order chi connectivity index (χ1) is 17.0. The maximum atomic E-state index is 11.1. The minimum atomic E-state index is -0.931. The summed E-state index contributed by atoms with van der Waals surface area (Å²) < 4.78 is 6.08. The van der Waals surface area contributed by atoms with Gasteiger partial charge in [0.15, 0.2) is 0 Å². The van der Waals surface area contributed by atoms with Crippen molar-refractivity contribution in [1.82, 2.24) is 0 Å². The van der Waals surface area contributed by atoms with E-state index in [4.69, 9.17) is 14.9 Å². The van der Waals surface area contributed by atoms with E-state index in [1.54, 1.807) is 12.1 Å². The first-order valence-electron chi connectivity index (χ1n) is 12.9. The fourth-order valence-electron chi connectivity index (χ4n) is 4.09. The number of benzene rings is 2. The number of para-hydroxylation sites is 1. The Kier molecular flexibility index (Phi) is 13.3. The molecular weight excluding hydrogens is 440 g/mol. The van der Waals surface area contributed by atoms with Gasteiger partial charge in [0.05, 0.1) is 12.2 Å². The average Bonchev–Trinajstić information content (AvgIpc) is 2.85. The standard InChI is InChI=1S/C30H40O5/c1-2-3-4-5-6-11-22-35-28-14-9-8-13-26(28)19-16-24(12-7-10-15-29(31)32)23-25-17-20-27(21-18-25)30(33)34/h8-9,13-14,16-21,24H,2-7,10-12,15,22-23H2,1H3,(H,31,32)(H,33,34). The number of rotatable bonds is 18. The highest BCUT2D eigenvalue weighted by Crippen LogP contribution is 2.24. The van der Waals surface area contributed by atoms with Crippen molar-refractivity contribution in [3.05, 3.63) is 71.3 Å². The molecule has 0 bridgehead atoms. The first-order valence-corrected chi connectivity index (χ1v) is 12.9. The maximum Gasteiger partial charge on any atom is 0.335 e. The molecule has 0 aromatic heterocycles. The number of hydrogen-bond acceptors (Lipinski definition) is 3. The number of aromatic carboxylic acids is 1. The minimum Gasteiger partial charge on any atom is -0.493 e. The van der Waals surface area contributed by atoms with Crippen molar-refractivity contribution in [3.63, 3.8) is 0 Å². The van der Waals surface area contributed by atoms with E-state index in [0.29, 0.717) is 13.0 Å². The number of allylic oxidation sites excluding steroid dienone is 1. The Morgan fingerprint density at radius 2 is 1.60 bits per heavy atom. The third-order valence-electron chi connectivity index (χ3n) is 6.14. The highest BCUT2D eigenvalue weighted by molar-refractivity contribution is 5.87. The van der Waals surface area contributed by atoms with Crippen LogP contribution in [0.1, 0.15) is 92.6 Å². The third kappa shape index (κ3) is 11.7. The average molecular weight is 481 g/mol. The Morgan fingerprint density at radius 1 is 0.886 bits per heavy atom. The zero-order valence-electron chi connectivity index (χ0n) is 21.0. The van der Waals surface area contributed by atoms with E-state index in [2.05, 4.69) is 25.1 Å². The van der Waals surface area contributed by atoms with Gasteiger partial charge < -0.3 is 14.9 Å². The van der Waals surface area contributed by atoms with E-state index < -0.39 is 11.9 Å². The summed E-state index contributed by atoms with van der Waals surface area (Å²) in [5.74, 6) is -0.601. The Morgan fingerprint density at radius 3 is 2.31 bits per heavy atom. The Balaban J connectivity index is 2.00. The lowest BCUT2D eigenvalue weighted by Gasteiger charge is -2.14. The summed E-state index contributed by atoms with van der Waals surface area (Å²) in [6.07, 6.45) is 14.9. The number of aliphatic carboxylic acids is 1. The van der Waals surface area contributed by atoms with Gasteiger partial charge in [-0.2, -0.15) is 0 Å². The van der Waals surface area contributed by atoms with Gasteiger partial charge in [-0.25, -0.2) is 4.79 Å². The van der Waals surface area contributed by atoms with Crippen molar-refractivity contribution in [2.45, 2.75) is 77.6 Å². The van der Waals surface area contributed by atoms with E-state index >= 15 is 0 Å². The van der Waals surface area contributed by atoms with Gasteiger partial charge in [-0.1, -0.05) is 87.9 Å². The minimum absolute atomic E-state index is 0.179. The van der Waals surface area contributed by atoms with Crippen molar-refractivity contribution >= 4 is 18.0 Å². The smallest absolute Gasteiger partial charge is 0.335 e. The molecular formula is C30H40O5. The molecule has 1 unspecified atom stereocenters. The SMILES string of the molecule is CCCCCCCCOc1ccccc1C=CC(CCCCC(=O)O)Cc1ccc(C(=O)O)cc1. The summed E-state index contributed by atoms with van der Waals surface area (Å²) in [6, 6.07) is 15.0. The van der Waals surface area contributed by atoms with Crippen molar-refractivity contribution in [2.75, 3.05) is 6.61 Å². The Labute approximate surface area is 209 Å². The van der Waals surface area contributed by atoms with Crippen LogP contribution in [0.4, 0.5) is 0 Å². The highest BCUT2D eigenvalue weighted by Gasteiger charge is 2.10. The van der Waals surface area contributed by atoms with E-state index in [-0.39, 0.29) is 17.9 Å². The molecule has 0 saturated carbocycles. The maximum absolute atomic E-state index is 11.1. The van der Waals surface area contributed by atoms with Crippen LogP contribution in [0, 0.1) is 5.92 Å². The van der Waals surface area contributed by atoms with Crippen LogP contribution in [0.2, 0.25) is 0 Å². The molecule has 2 aromatic rings. The van der Waals surface area contributed by atoms with Gasteiger partial charge in [0.1, 0.15) is 5.75 Å². The molecule has 0 saturated heterocycles. The number of carboxylic acids is 2. The molecule has 190 valence electrons. The van der Waals surface area contributed by atoms with Crippen molar-refractivity contribution in [3.8, 4) is 5.75 Å². The summed E-state index contributed by atoms with van der Waals surface area (Å²) in [5.41, 5.74) is 2.38. The zero-order valence-corrected chi connectivity index (χ0v) is 21.0. The predicted octanol–water partition coefficient (Wildman–Crippen LogP) is 7.64. The molecule has 0 aliphatic rings. The van der Waals surface area contributed by atoms with Crippen molar-refractivity contribution in [1.29, 1.82) is 0 Å². The van der Waals surface area contributed by atoms with Crippen LogP contribution in [-0.4, -0.2) is 28.8 Å². The summed E-state index contributed by atoms with van der Waals surface area (Å²) in [6.45, 7) is 2.94. The summed E-state index contributed by atoms with van der Waals surface area (Å²) in [4.78, 5) is 22.0. The lowest BCUT2D eigenvalue weighted by atomic mass is 9.92. The van der Waals surface area contributed by atoms with E-state index in [1.807, 2.05) is 30.3 Å². The molecule has 5 heteroatoms. The van der Waals surface area contributed by atoms with Crippen LogP contribution in [-0.2, 0) is 11.2 Å². The number of ether oxygens (including phenoxy) is 1. The molecule has 2 rings (SSSR count). The van der Waals surface area contributed by atoms with Gasteiger partial charge in [0.2, 0.25) is 0 Å². The molecule has 0 heterocycles. The Hall–Kier alpha value is -3.08. The van der Waals surface area contributed by atoms with E-state index in [0.717, 1.165) is 42.6 Å². The van der Waals surface area contributed by atoms with Crippen LogP contribution < -0.4 is 4.74 Å². The predicted molar refractivity (Wildman–Crippen MR) is 141 cm³/mol.